The molecule has 0 aliphatic carbocycles. The fourth-order valence-electron chi connectivity index (χ4n) is 2.35. The molecule has 0 amide bonds. The molecule has 0 aliphatic rings. The van der Waals surface area contributed by atoms with Crippen LogP contribution in [0.4, 0.5) is 5.82 Å². The molecule has 0 radical (unpaired) electrons. The number of halogens is 2. The second-order valence-corrected chi connectivity index (χ2v) is 6.14. The van der Waals surface area contributed by atoms with Gasteiger partial charge < -0.3 is 15.2 Å². The molecule has 0 spiro atoms. The fourth-order valence-corrected chi connectivity index (χ4v) is 2.86. The van der Waals surface area contributed by atoms with Gasteiger partial charge in [-0.3, -0.25) is 0 Å². The Bertz CT molecular complexity index is 880. The predicted molar refractivity (Wildman–Crippen MR) is 101 cm³/mol. The molecule has 0 unspecified atom stereocenters. The molecule has 128 valence electrons. The number of benzene rings is 2. The number of hydrogen-bond donors (Lipinski definition) is 1. The van der Waals surface area contributed by atoms with Gasteiger partial charge in [-0.2, -0.15) is 0 Å². The van der Waals surface area contributed by atoms with E-state index in [1.165, 1.54) is 0 Å². The molecule has 0 fully saturated rings. The predicted octanol–water partition coefficient (Wildman–Crippen LogP) is 5.23. The number of nitrogens with zero attached hydrogens (tertiary/aromatic N) is 1. The molecule has 0 bridgehead atoms. The summed E-state index contributed by atoms with van der Waals surface area (Å²) in [6, 6.07) is 14.8. The molecular weight excluding hydrogens is 359 g/mol. The highest BCUT2D eigenvalue weighted by Gasteiger charge is 2.10. The first-order valence-corrected chi connectivity index (χ1v) is 8.29. The summed E-state index contributed by atoms with van der Waals surface area (Å²) < 4.78 is 11.1. The minimum Gasteiger partial charge on any atom is -0.497 e. The Morgan fingerprint density at radius 1 is 1.00 bits per heavy atom. The third-order valence-electron chi connectivity index (χ3n) is 3.72. The number of rotatable bonds is 5. The van der Waals surface area contributed by atoms with Crippen LogP contribution in [0.25, 0.3) is 11.1 Å². The van der Waals surface area contributed by atoms with E-state index in [9.17, 15) is 0 Å². The van der Waals surface area contributed by atoms with Crippen molar-refractivity contribution in [3.63, 3.8) is 0 Å². The molecule has 4 nitrogen and oxygen atoms in total. The summed E-state index contributed by atoms with van der Waals surface area (Å²) in [5, 5.41) is 1.09. The zero-order valence-corrected chi connectivity index (χ0v) is 15.0. The van der Waals surface area contributed by atoms with Crippen LogP contribution in [0.15, 0.2) is 54.7 Å². The largest absolute Gasteiger partial charge is 0.497 e. The summed E-state index contributed by atoms with van der Waals surface area (Å²) in [4.78, 5) is 4.21. The number of hydrogen-bond acceptors (Lipinski definition) is 4. The van der Waals surface area contributed by atoms with Crippen molar-refractivity contribution in [3.05, 3.63) is 70.3 Å². The van der Waals surface area contributed by atoms with Gasteiger partial charge in [-0.15, -0.1) is 0 Å². The minimum atomic E-state index is 0.200. The smallest absolute Gasteiger partial charge is 0.166 e. The van der Waals surface area contributed by atoms with Crippen LogP contribution in [0.2, 0.25) is 10.0 Å². The second-order valence-electron chi connectivity index (χ2n) is 5.33. The number of anilines is 1. The molecule has 1 aromatic heterocycles. The fraction of sp³-hybridized carbons (Fsp3) is 0.105. The molecule has 0 saturated heterocycles. The van der Waals surface area contributed by atoms with Crippen LogP contribution in [0.5, 0.6) is 11.5 Å². The Morgan fingerprint density at radius 2 is 1.72 bits per heavy atom. The van der Waals surface area contributed by atoms with Gasteiger partial charge in [0.15, 0.2) is 11.6 Å². The van der Waals surface area contributed by atoms with Gasteiger partial charge in [0.1, 0.15) is 12.4 Å². The molecule has 25 heavy (non-hydrogen) atoms. The normalized spacial score (nSPS) is 10.5. The van der Waals surface area contributed by atoms with E-state index in [0.29, 0.717) is 27.2 Å². The first kappa shape index (κ1) is 17.4. The maximum atomic E-state index is 6.17. The molecular formula is C19H16Cl2N2O2. The Hall–Kier alpha value is -2.43. The van der Waals surface area contributed by atoms with Crippen LogP contribution in [-0.4, -0.2) is 12.1 Å². The van der Waals surface area contributed by atoms with Gasteiger partial charge in [-0.1, -0.05) is 41.4 Å². The van der Waals surface area contributed by atoms with E-state index in [4.69, 9.17) is 38.4 Å². The Morgan fingerprint density at radius 3 is 2.44 bits per heavy atom. The van der Waals surface area contributed by atoms with Gasteiger partial charge in [0.25, 0.3) is 0 Å². The Kier molecular flexibility index (Phi) is 5.31. The van der Waals surface area contributed by atoms with Crippen molar-refractivity contribution in [1.82, 2.24) is 4.98 Å². The Balaban J connectivity index is 1.87. The average Bonchev–Trinajstić information content (AvgIpc) is 2.62. The SMILES string of the molecule is COc1cccc(-c2cnc(N)c(OCc3c(Cl)cccc3Cl)c2)c1. The van der Waals surface area contributed by atoms with Crippen molar-refractivity contribution in [3.8, 4) is 22.6 Å². The van der Waals surface area contributed by atoms with Crippen molar-refractivity contribution in [1.29, 1.82) is 0 Å². The third kappa shape index (κ3) is 3.98. The molecule has 2 aromatic carbocycles. The van der Waals surface area contributed by atoms with E-state index in [-0.39, 0.29) is 6.61 Å². The highest BCUT2D eigenvalue weighted by Crippen LogP contribution is 2.31. The van der Waals surface area contributed by atoms with Crippen LogP contribution >= 0.6 is 23.2 Å². The first-order valence-electron chi connectivity index (χ1n) is 7.54. The standard InChI is InChI=1S/C19H16Cl2N2O2/c1-24-14-5-2-4-12(8-14)13-9-18(19(22)23-10-13)25-11-15-16(20)6-3-7-17(15)21/h2-10H,11H2,1H3,(H2,22,23). The molecule has 0 atom stereocenters. The number of nitrogen functional groups attached to an aromatic ring is 1. The maximum Gasteiger partial charge on any atom is 0.166 e. The average molecular weight is 375 g/mol. The van der Waals surface area contributed by atoms with E-state index < -0.39 is 0 Å². The van der Waals surface area contributed by atoms with E-state index in [1.54, 1.807) is 31.5 Å². The van der Waals surface area contributed by atoms with Crippen LogP contribution in [-0.2, 0) is 6.61 Å². The summed E-state index contributed by atoms with van der Waals surface area (Å²) in [5.41, 5.74) is 8.46. The van der Waals surface area contributed by atoms with Crippen LogP contribution in [0.3, 0.4) is 0 Å². The van der Waals surface area contributed by atoms with Crippen molar-refractivity contribution in [2.75, 3.05) is 12.8 Å². The molecule has 2 N–H and O–H groups in total. The van der Waals surface area contributed by atoms with E-state index >= 15 is 0 Å². The number of aromatic nitrogens is 1. The number of ether oxygens (including phenoxy) is 2. The summed E-state index contributed by atoms with van der Waals surface area (Å²) in [6.07, 6.45) is 1.69. The van der Waals surface area contributed by atoms with Crippen molar-refractivity contribution >= 4 is 29.0 Å². The monoisotopic (exact) mass is 374 g/mol. The van der Waals surface area contributed by atoms with Gasteiger partial charge in [-0.25, -0.2) is 4.98 Å². The van der Waals surface area contributed by atoms with Crippen molar-refractivity contribution in [2.24, 2.45) is 0 Å². The lowest BCUT2D eigenvalue weighted by Gasteiger charge is -2.12. The van der Waals surface area contributed by atoms with Crippen molar-refractivity contribution in [2.45, 2.75) is 6.61 Å². The van der Waals surface area contributed by atoms with E-state index in [0.717, 1.165) is 16.9 Å². The molecule has 0 aliphatic heterocycles. The lowest BCUT2D eigenvalue weighted by Crippen LogP contribution is -2.02. The van der Waals surface area contributed by atoms with E-state index in [2.05, 4.69) is 4.98 Å². The molecule has 0 saturated carbocycles. The highest BCUT2D eigenvalue weighted by atomic mass is 35.5. The van der Waals surface area contributed by atoms with E-state index in [1.807, 2.05) is 30.3 Å². The molecule has 1 heterocycles. The Labute approximate surface area is 156 Å². The first-order chi connectivity index (χ1) is 12.1. The number of methoxy groups -OCH3 is 1. The van der Waals surface area contributed by atoms with Gasteiger partial charge in [0.2, 0.25) is 0 Å². The maximum absolute atomic E-state index is 6.17. The topological polar surface area (TPSA) is 57.4 Å². The lowest BCUT2D eigenvalue weighted by molar-refractivity contribution is 0.307. The van der Waals surface area contributed by atoms with Crippen LogP contribution in [0.1, 0.15) is 5.56 Å². The molecule has 3 aromatic rings. The summed E-state index contributed by atoms with van der Waals surface area (Å²) >= 11 is 12.3. The third-order valence-corrected chi connectivity index (χ3v) is 4.43. The van der Waals surface area contributed by atoms with Gasteiger partial charge in [0, 0.05) is 27.4 Å². The van der Waals surface area contributed by atoms with Gasteiger partial charge >= 0.3 is 0 Å². The number of pyridine rings is 1. The summed E-state index contributed by atoms with van der Waals surface area (Å²) in [6.45, 7) is 0.200. The second kappa shape index (κ2) is 7.64. The highest BCUT2D eigenvalue weighted by molar-refractivity contribution is 6.35. The minimum absolute atomic E-state index is 0.200. The zero-order valence-electron chi connectivity index (χ0n) is 13.5. The van der Waals surface area contributed by atoms with Crippen LogP contribution < -0.4 is 15.2 Å². The van der Waals surface area contributed by atoms with Gasteiger partial charge in [0.05, 0.1) is 7.11 Å². The number of nitrogens with two attached hydrogens (primary N) is 1. The summed E-state index contributed by atoms with van der Waals surface area (Å²) in [5.74, 6) is 1.53. The lowest BCUT2D eigenvalue weighted by atomic mass is 10.1. The quantitative estimate of drug-likeness (QED) is 0.664. The molecule has 3 rings (SSSR count). The molecule has 6 heteroatoms. The summed E-state index contributed by atoms with van der Waals surface area (Å²) in [7, 11) is 1.63. The van der Waals surface area contributed by atoms with Crippen molar-refractivity contribution < 1.29 is 9.47 Å². The zero-order chi connectivity index (χ0) is 17.8. The van der Waals surface area contributed by atoms with Crippen LogP contribution in [0, 0.1) is 0 Å². The van der Waals surface area contributed by atoms with Gasteiger partial charge in [-0.05, 0) is 35.9 Å².